The Bertz CT molecular complexity index is 239. The topological polar surface area (TPSA) is 27.1 Å². The maximum absolute atomic E-state index is 7.59. The molecule has 0 fully saturated rings. The molecule has 2 heteroatoms. The van der Waals surface area contributed by atoms with Crippen LogP contribution in [0.5, 0.6) is 0 Å². The number of nitrogens with one attached hydrogen (secondary N) is 1. The molecule has 0 aliphatic heterocycles. The molecule has 11 heavy (non-hydrogen) atoms. The lowest BCUT2D eigenvalue weighted by atomic mass is 10.2. The Morgan fingerprint density at radius 3 is 2.73 bits per heavy atom. The van der Waals surface area contributed by atoms with Gasteiger partial charge in [0, 0.05) is 19.7 Å². The first-order valence-corrected chi connectivity index (χ1v) is 3.44. The molecule has 0 spiro atoms. The molecule has 1 aromatic carbocycles. The van der Waals surface area contributed by atoms with Gasteiger partial charge in [-0.3, -0.25) is 5.41 Å². The lowest BCUT2D eigenvalue weighted by Crippen LogP contribution is -2.21. The molecule has 1 radical (unpaired) electrons. The number of nitrogens with zero attached hydrogens (tertiary/aromatic N) is 1. The van der Waals surface area contributed by atoms with E-state index in [1.54, 1.807) is 4.90 Å². The highest BCUT2D eigenvalue weighted by atomic mass is 15.1. The molecule has 57 valence electrons. The van der Waals surface area contributed by atoms with Crippen molar-refractivity contribution in [1.82, 2.24) is 4.90 Å². The van der Waals surface area contributed by atoms with Crippen LogP contribution in [0.15, 0.2) is 24.3 Å². The van der Waals surface area contributed by atoms with Crippen LogP contribution in [0.3, 0.4) is 0 Å². The molecule has 0 atom stereocenters. The molecule has 0 aromatic heterocycles. The van der Waals surface area contributed by atoms with E-state index in [1.807, 2.05) is 38.4 Å². The van der Waals surface area contributed by atoms with Crippen molar-refractivity contribution < 1.29 is 0 Å². The van der Waals surface area contributed by atoms with Crippen molar-refractivity contribution >= 4 is 5.84 Å². The Labute approximate surface area is 67.0 Å². The fourth-order valence-electron chi connectivity index (χ4n) is 0.799. The van der Waals surface area contributed by atoms with Gasteiger partial charge in [0.15, 0.2) is 0 Å². The fraction of sp³-hybridized carbons (Fsp3) is 0.222. The Balaban J connectivity index is 2.86. The highest BCUT2D eigenvalue weighted by Gasteiger charge is 2.00. The molecule has 0 aliphatic rings. The molecule has 0 aliphatic carbocycles. The van der Waals surface area contributed by atoms with E-state index in [2.05, 4.69) is 6.07 Å². The van der Waals surface area contributed by atoms with E-state index >= 15 is 0 Å². The fourth-order valence-corrected chi connectivity index (χ4v) is 0.799. The molecular formula is C9H11N2. The molecule has 1 rings (SSSR count). The standard InChI is InChI=1S/C9H11N2/c1-11(2)9(10)8-6-4-3-5-7-8/h3-4,6-7,10H,1-2H3. The van der Waals surface area contributed by atoms with Gasteiger partial charge in [-0.05, 0) is 12.1 Å². The second-order valence-electron chi connectivity index (χ2n) is 2.54. The van der Waals surface area contributed by atoms with Crippen LogP contribution in [-0.2, 0) is 0 Å². The van der Waals surface area contributed by atoms with E-state index in [4.69, 9.17) is 5.41 Å². The average Bonchev–Trinajstić information content (AvgIpc) is 2.05. The minimum absolute atomic E-state index is 0.516. The normalized spacial score (nSPS) is 9.27. The van der Waals surface area contributed by atoms with Crippen molar-refractivity contribution in [2.45, 2.75) is 0 Å². The van der Waals surface area contributed by atoms with Crippen molar-refractivity contribution in [2.24, 2.45) is 0 Å². The third-order valence-electron chi connectivity index (χ3n) is 1.43. The van der Waals surface area contributed by atoms with Crippen LogP contribution in [-0.4, -0.2) is 24.8 Å². The van der Waals surface area contributed by atoms with Gasteiger partial charge in [0.1, 0.15) is 5.84 Å². The van der Waals surface area contributed by atoms with E-state index < -0.39 is 0 Å². The van der Waals surface area contributed by atoms with Gasteiger partial charge >= 0.3 is 0 Å². The van der Waals surface area contributed by atoms with Crippen molar-refractivity contribution in [2.75, 3.05) is 14.1 Å². The molecule has 1 N–H and O–H groups in total. The highest BCUT2D eigenvalue weighted by Crippen LogP contribution is 1.99. The van der Waals surface area contributed by atoms with Gasteiger partial charge in [-0.25, -0.2) is 0 Å². The third-order valence-corrected chi connectivity index (χ3v) is 1.43. The zero-order valence-corrected chi connectivity index (χ0v) is 6.76. The van der Waals surface area contributed by atoms with Gasteiger partial charge in [0.05, 0.1) is 0 Å². The monoisotopic (exact) mass is 147 g/mol. The predicted molar refractivity (Wildman–Crippen MR) is 45.8 cm³/mol. The first-order chi connectivity index (χ1) is 5.22. The minimum atomic E-state index is 0.516. The number of rotatable bonds is 1. The van der Waals surface area contributed by atoms with Crippen molar-refractivity contribution in [3.8, 4) is 0 Å². The number of benzene rings is 1. The van der Waals surface area contributed by atoms with Gasteiger partial charge in [-0.15, -0.1) is 0 Å². The van der Waals surface area contributed by atoms with E-state index in [9.17, 15) is 0 Å². The Morgan fingerprint density at radius 2 is 2.27 bits per heavy atom. The summed E-state index contributed by atoms with van der Waals surface area (Å²) in [6.45, 7) is 0. The first-order valence-electron chi connectivity index (χ1n) is 3.44. The van der Waals surface area contributed by atoms with Crippen molar-refractivity contribution in [1.29, 1.82) is 5.41 Å². The lowest BCUT2D eigenvalue weighted by molar-refractivity contribution is 0.619. The van der Waals surface area contributed by atoms with Gasteiger partial charge in [0.25, 0.3) is 0 Å². The van der Waals surface area contributed by atoms with Gasteiger partial charge in [0.2, 0.25) is 0 Å². The molecule has 0 unspecified atom stereocenters. The predicted octanol–water partition coefficient (Wildman–Crippen LogP) is 1.37. The van der Waals surface area contributed by atoms with E-state index in [0.717, 1.165) is 5.56 Å². The average molecular weight is 147 g/mol. The van der Waals surface area contributed by atoms with E-state index in [-0.39, 0.29) is 0 Å². The Morgan fingerprint density at radius 1 is 1.55 bits per heavy atom. The molecule has 0 amide bonds. The van der Waals surface area contributed by atoms with Crippen LogP contribution in [0, 0.1) is 11.5 Å². The Kier molecular flexibility index (Phi) is 2.26. The van der Waals surface area contributed by atoms with E-state index in [0.29, 0.717) is 5.84 Å². The second-order valence-corrected chi connectivity index (χ2v) is 2.54. The van der Waals surface area contributed by atoms with Crippen LogP contribution in [0.2, 0.25) is 0 Å². The molecule has 0 bridgehead atoms. The molecule has 0 saturated carbocycles. The zero-order chi connectivity index (χ0) is 8.27. The second kappa shape index (κ2) is 3.19. The summed E-state index contributed by atoms with van der Waals surface area (Å²) in [6.07, 6.45) is 0. The summed E-state index contributed by atoms with van der Waals surface area (Å²) in [5.74, 6) is 0.516. The van der Waals surface area contributed by atoms with E-state index in [1.165, 1.54) is 0 Å². The van der Waals surface area contributed by atoms with Crippen LogP contribution < -0.4 is 0 Å². The first kappa shape index (κ1) is 7.79. The lowest BCUT2D eigenvalue weighted by Gasteiger charge is -2.12. The van der Waals surface area contributed by atoms with Crippen LogP contribution in [0.1, 0.15) is 5.56 Å². The Hall–Kier alpha value is -1.31. The smallest absolute Gasteiger partial charge is 0.127 e. The maximum atomic E-state index is 7.59. The number of hydrogen-bond donors (Lipinski definition) is 1. The summed E-state index contributed by atoms with van der Waals surface area (Å²) in [5.41, 5.74) is 0.900. The number of amidine groups is 1. The molecule has 2 nitrogen and oxygen atoms in total. The summed E-state index contributed by atoms with van der Waals surface area (Å²) in [7, 11) is 3.71. The van der Waals surface area contributed by atoms with Gasteiger partial charge in [-0.2, -0.15) is 0 Å². The molecule has 1 aromatic rings. The van der Waals surface area contributed by atoms with Gasteiger partial charge < -0.3 is 4.90 Å². The van der Waals surface area contributed by atoms with Crippen molar-refractivity contribution in [3.05, 3.63) is 35.9 Å². The summed E-state index contributed by atoms with van der Waals surface area (Å²) < 4.78 is 0. The SMILES string of the molecule is CN(C)C(=N)c1c[c]ccc1. The quantitative estimate of drug-likeness (QED) is 0.471. The molecule has 0 heterocycles. The molecular weight excluding hydrogens is 136 g/mol. The minimum Gasteiger partial charge on any atom is -0.363 e. The van der Waals surface area contributed by atoms with Crippen LogP contribution in [0.25, 0.3) is 0 Å². The summed E-state index contributed by atoms with van der Waals surface area (Å²) in [5, 5.41) is 7.59. The number of hydrogen-bond acceptors (Lipinski definition) is 1. The summed E-state index contributed by atoms with van der Waals surface area (Å²) in [6, 6.07) is 10.3. The molecule has 0 saturated heterocycles. The third kappa shape index (κ3) is 1.80. The maximum Gasteiger partial charge on any atom is 0.127 e. The van der Waals surface area contributed by atoms with Gasteiger partial charge in [-0.1, -0.05) is 18.2 Å². The zero-order valence-electron chi connectivity index (χ0n) is 6.76. The summed E-state index contributed by atoms with van der Waals surface area (Å²) in [4.78, 5) is 1.77. The van der Waals surface area contributed by atoms with Crippen LogP contribution in [0.4, 0.5) is 0 Å². The largest absolute Gasteiger partial charge is 0.363 e. The summed E-state index contributed by atoms with van der Waals surface area (Å²) >= 11 is 0. The highest BCUT2D eigenvalue weighted by molar-refractivity contribution is 5.95. The van der Waals surface area contributed by atoms with Crippen LogP contribution >= 0.6 is 0 Å². The van der Waals surface area contributed by atoms with Crippen molar-refractivity contribution in [3.63, 3.8) is 0 Å².